The predicted molar refractivity (Wildman–Crippen MR) is 50.5 cm³/mol. The number of hydrogen-bond donors (Lipinski definition) is 1. The van der Waals surface area contributed by atoms with Gasteiger partial charge in [0.15, 0.2) is 0 Å². The van der Waals surface area contributed by atoms with Gasteiger partial charge in [0.25, 0.3) is 0 Å². The van der Waals surface area contributed by atoms with Gasteiger partial charge < -0.3 is 0 Å². The van der Waals surface area contributed by atoms with Crippen molar-refractivity contribution in [1.82, 2.24) is 4.72 Å². The second-order valence-corrected chi connectivity index (χ2v) is 5.59. The number of hydrogen-bond acceptors (Lipinski definition) is 2. The van der Waals surface area contributed by atoms with Crippen molar-refractivity contribution in [3.05, 3.63) is 0 Å². The molecule has 0 amide bonds. The summed E-state index contributed by atoms with van der Waals surface area (Å²) in [7, 11) is -3.07. The van der Waals surface area contributed by atoms with Crippen LogP contribution in [0.25, 0.3) is 0 Å². The molecule has 0 spiro atoms. The van der Waals surface area contributed by atoms with Crippen LogP contribution < -0.4 is 4.72 Å². The first kappa shape index (κ1) is 11.4. The van der Waals surface area contributed by atoms with E-state index in [1.54, 1.807) is 6.92 Å². The molecule has 0 aromatic heterocycles. The molecule has 0 heterocycles. The van der Waals surface area contributed by atoms with Crippen LogP contribution in [0.15, 0.2) is 0 Å². The first-order chi connectivity index (χ1) is 4.83. The van der Waals surface area contributed by atoms with Gasteiger partial charge in [0, 0.05) is 10.9 Å². The summed E-state index contributed by atoms with van der Waals surface area (Å²) in [6.07, 6.45) is 0. The topological polar surface area (TPSA) is 46.2 Å². The molecule has 0 atom stereocenters. The van der Waals surface area contributed by atoms with Gasteiger partial charge in [-0.25, -0.2) is 13.1 Å². The van der Waals surface area contributed by atoms with E-state index >= 15 is 0 Å². The Morgan fingerprint density at radius 2 is 1.91 bits per heavy atom. The lowest BCUT2D eigenvalue weighted by Crippen LogP contribution is -2.45. The summed E-state index contributed by atoms with van der Waals surface area (Å²) in [6, 6.07) is 0. The van der Waals surface area contributed by atoms with E-state index in [4.69, 9.17) is 0 Å². The van der Waals surface area contributed by atoms with Crippen molar-refractivity contribution < 1.29 is 8.42 Å². The predicted octanol–water partition coefficient (Wildman–Crippen LogP) is 1.10. The van der Waals surface area contributed by atoms with Crippen LogP contribution in [0.1, 0.15) is 20.8 Å². The highest BCUT2D eigenvalue weighted by atomic mass is 79.9. The summed E-state index contributed by atoms with van der Waals surface area (Å²) in [5, 5.41) is 0.610. The maximum absolute atomic E-state index is 11.0. The van der Waals surface area contributed by atoms with E-state index in [9.17, 15) is 8.42 Å². The van der Waals surface area contributed by atoms with E-state index in [0.717, 1.165) is 0 Å². The Morgan fingerprint density at radius 3 is 2.18 bits per heavy atom. The quantitative estimate of drug-likeness (QED) is 0.753. The van der Waals surface area contributed by atoms with Crippen molar-refractivity contribution >= 4 is 26.0 Å². The third kappa shape index (κ3) is 4.76. The normalized spacial score (nSPS) is 13.5. The average Bonchev–Trinajstić information content (AvgIpc) is 1.86. The zero-order valence-electron chi connectivity index (χ0n) is 7.02. The van der Waals surface area contributed by atoms with Crippen molar-refractivity contribution in [2.24, 2.45) is 0 Å². The first-order valence-electron chi connectivity index (χ1n) is 3.40. The van der Waals surface area contributed by atoms with E-state index in [2.05, 4.69) is 20.7 Å². The summed E-state index contributed by atoms with van der Waals surface area (Å²) >= 11 is 3.23. The highest BCUT2D eigenvalue weighted by Crippen LogP contribution is 2.07. The molecule has 0 bridgehead atoms. The number of nitrogens with one attached hydrogen (secondary N) is 1. The minimum absolute atomic E-state index is 0.128. The fourth-order valence-corrected chi connectivity index (χ4v) is 1.90. The van der Waals surface area contributed by atoms with Crippen molar-refractivity contribution in [3.63, 3.8) is 0 Å². The van der Waals surface area contributed by atoms with Gasteiger partial charge in [0.05, 0.1) is 5.75 Å². The average molecular weight is 244 g/mol. The van der Waals surface area contributed by atoms with E-state index in [1.165, 1.54) is 0 Å². The fourth-order valence-electron chi connectivity index (χ4n) is 0.520. The molecule has 0 fully saturated rings. The standard InChI is InChI=1S/C6H14BrNO2S/c1-4-11(9,10)8-6(2,3)5-7/h8H,4-5H2,1-3H3. The molecule has 0 aromatic carbocycles. The summed E-state index contributed by atoms with van der Waals surface area (Å²) in [5.74, 6) is 0.128. The highest BCUT2D eigenvalue weighted by molar-refractivity contribution is 9.09. The Labute approximate surface area is 76.7 Å². The maximum atomic E-state index is 11.0. The van der Waals surface area contributed by atoms with Gasteiger partial charge in [-0.05, 0) is 20.8 Å². The molecule has 0 rings (SSSR count). The Balaban J connectivity index is 4.26. The van der Waals surface area contributed by atoms with Crippen LogP contribution in [0, 0.1) is 0 Å². The fraction of sp³-hybridized carbons (Fsp3) is 1.00. The Kier molecular flexibility index (Phi) is 4.00. The zero-order chi connectivity index (χ0) is 9.12. The summed E-state index contributed by atoms with van der Waals surface area (Å²) < 4.78 is 24.6. The molecule has 0 radical (unpaired) electrons. The second kappa shape index (κ2) is 3.87. The number of alkyl halides is 1. The van der Waals surface area contributed by atoms with Gasteiger partial charge in [-0.2, -0.15) is 0 Å². The lowest BCUT2D eigenvalue weighted by molar-refractivity contribution is 0.501. The molecule has 3 nitrogen and oxygen atoms in total. The molecule has 0 saturated heterocycles. The Bertz CT molecular complexity index is 211. The van der Waals surface area contributed by atoms with Gasteiger partial charge in [-0.1, -0.05) is 15.9 Å². The monoisotopic (exact) mass is 243 g/mol. The molecule has 0 unspecified atom stereocenters. The molecule has 0 saturated carbocycles. The molecule has 1 N–H and O–H groups in total. The van der Waals surface area contributed by atoms with Crippen LogP contribution in [0.2, 0.25) is 0 Å². The summed E-state index contributed by atoms with van der Waals surface area (Å²) in [5.41, 5.74) is -0.394. The van der Waals surface area contributed by atoms with Gasteiger partial charge in [0.2, 0.25) is 10.0 Å². The van der Waals surface area contributed by atoms with Crippen molar-refractivity contribution in [2.75, 3.05) is 11.1 Å². The minimum atomic E-state index is -3.07. The van der Waals surface area contributed by atoms with Crippen LogP contribution in [0.5, 0.6) is 0 Å². The SMILES string of the molecule is CCS(=O)(=O)NC(C)(C)CBr. The minimum Gasteiger partial charge on any atom is -0.212 e. The van der Waals surface area contributed by atoms with Crippen molar-refractivity contribution in [2.45, 2.75) is 26.3 Å². The molecular formula is C6H14BrNO2S. The molecule has 5 heteroatoms. The van der Waals surface area contributed by atoms with Gasteiger partial charge in [-0.3, -0.25) is 0 Å². The number of halogens is 1. The van der Waals surface area contributed by atoms with Crippen LogP contribution in [-0.4, -0.2) is 25.0 Å². The molecule has 11 heavy (non-hydrogen) atoms. The molecule has 0 aromatic rings. The van der Waals surface area contributed by atoms with Crippen LogP contribution in [-0.2, 0) is 10.0 Å². The molecule has 68 valence electrons. The zero-order valence-corrected chi connectivity index (χ0v) is 9.42. The number of sulfonamides is 1. The second-order valence-electron chi connectivity index (χ2n) is 3.02. The van der Waals surface area contributed by atoms with Crippen LogP contribution in [0.3, 0.4) is 0 Å². The maximum Gasteiger partial charge on any atom is 0.211 e. The Morgan fingerprint density at radius 1 is 1.45 bits per heavy atom. The van der Waals surface area contributed by atoms with Crippen molar-refractivity contribution in [1.29, 1.82) is 0 Å². The van der Waals surface area contributed by atoms with E-state index in [-0.39, 0.29) is 5.75 Å². The van der Waals surface area contributed by atoms with E-state index in [1.807, 2.05) is 13.8 Å². The third-order valence-corrected chi connectivity index (χ3v) is 4.17. The van der Waals surface area contributed by atoms with E-state index in [0.29, 0.717) is 5.33 Å². The molecule has 0 aliphatic rings. The smallest absolute Gasteiger partial charge is 0.211 e. The van der Waals surface area contributed by atoms with Crippen LogP contribution >= 0.6 is 15.9 Å². The van der Waals surface area contributed by atoms with Gasteiger partial charge >= 0.3 is 0 Å². The molecule has 0 aliphatic heterocycles. The van der Waals surface area contributed by atoms with Crippen LogP contribution in [0.4, 0.5) is 0 Å². The number of rotatable bonds is 4. The first-order valence-corrected chi connectivity index (χ1v) is 6.18. The summed E-state index contributed by atoms with van der Waals surface area (Å²) in [4.78, 5) is 0. The Hall–Kier alpha value is 0.390. The third-order valence-electron chi connectivity index (χ3n) is 1.15. The van der Waals surface area contributed by atoms with Gasteiger partial charge in [-0.15, -0.1) is 0 Å². The largest absolute Gasteiger partial charge is 0.212 e. The molecular weight excluding hydrogens is 230 g/mol. The lowest BCUT2D eigenvalue weighted by Gasteiger charge is -2.22. The lowest BCUT2D eigenvalue weighted by atomic mass is 10.1. The highest BCUT2D eigenvalue weighted by Gasteiger charge is 2.21. The van der Waals surface area contributed by atoms with Gasteiger partial charge in [0.1, 0.15) is 0 Å². The summed E-state index contributed by atoms with van der Waals surface area (Å²) in [6.45, 7) is 5.27. The van der Waals surface area contributed by atoms with Crippen molar-refractivity contribution in [3.8, 4) is 0 Å². The molecule has 0 aliphatic carbocycles. The van der Waals surface area contributed by atoms with E-state index < -0.39 is 15.6 Å².